The number of rotatable bonds is 3. The zero-order valence-corrected chi connectivity index (χ0v) is 10.2. The lowest BCUT2D eigenvalue weighted by Gasteiger charge is -1.97. The van der Waals surface area contributed by atoms with Crippen LogP contribution < -0.4 is 5.32 Å². The van der Waals surface area contributed by atoms with Crippen LogP contribution in [0.5, 0.6) is 0 Å². The lowest BCUT2D eigenvalue weighted by atomic mass is 10.3. The van der Waals surface area contributed by atoms with E-state index in [9.17, 15) is 9.59 Å². The Kier molecular flexibility index (Phi) is 3.63. The van der Waals surface area contributed by atoms with Crippen LogP contribution >= 0.6 is 11.3 Å². The van der Waals surface area contributed by atoms with Crippen LogP contribution in [0.25, 0.3) is 0 Å². The topological polar surface area (TPSA) is 99.0 Å². The predicted octanol–water partition coefficient (Wildman–Crippen LogP) is 0.796. The van der Waals surface area contributed by atoms with Gasteiger partial charge in [0.25, 0.3) is 5.91 Å². The largest absolute Gasteiger partial charge is 0.453 e. The fourth-order valence-corrected chi connectivity index (χ4v) is 1.85. The number of anilines is 1. The molecule has 18 heavy (non-hydrogen) atoms. The molecule has 8 nitrogen and oxygen atoms in total. The van der Waals surface area contributed by atoms with Crippen LogP contribution in [-0.2, 0) is 11.2 Å². The minimum Gasteiger partial charge on any atom is -0.453 e. The lowest BCUT2D eigenvalue weighted by molar-refractivity contribution is 0.0878. The maximum Gasteiger partial charge on any atom is 0.413 e. The standard InChI is InChI=1S/C9H9N5O3S/c1-17-9(16)13-8-12-6(5-18-8)4-7(15)14-10-2-3-11-14/h2-3,5H,4H2,1H3,(H,12,13,16). The zero-order valence-electron chi connectivity index (χ0n) is 9.36. The van der Waals surface area contributed by atoms with Gasteiger partial charge in [-0.05, 0) is 0 Å². The van der Waals surface area contributed by atoms with Crippen molar-refractivity contribution in [2.45, 2.75) is 6.42 Å². The van der Waals surface area contributed by atoms with E-state index in [1.54, 1.807) is 5.38 Å². The minimum absolute atomic E-state index is 0.0635. The summed E-state index contributed by atoms with van der Waals surface area (Å²) in [6.07, 6.45) is 2.30. The van der Waals surface area contributed by atoms with Gasteiger partial charge in [0.2, 0.25) is 0 Å². The highest BCUT2D eigenvalue weighted by atomic mass is 32.1. The number of amides is 1. The van der Waals surface area contributed by atoms with E-state index in [0.717, 1.165) is 4.80 Å². The van der Waals surface area contributed by atoms with Gasteiger partial charge in [0.15, 0.2) is 5.13 Å². The number of carbonyl (C=O) groups excluding carboxylic acids is 2. The fraction of sp³-hybridized carbons (Fsp3) is 0.222. The van der Waals surface area contributed by atoms with Crippen LogP contribution in [0.4, 0.5) is 9.93 Å². The van der Waals surface area contributed by atoms with Crippen LogP contribution in [0, 0.1) is 0 Å². The van der Waals surface area contributed by atoms with Gasteiger partial charge >= 0.3 is 6.09 Å². The Morgan fingerprint density at radius 1 is 1.44 bits per heavy atom. The molecule has 1 N–H and O–H groups in total. The molecule has 0 aliphatic carbocycles. The van der Waals surface area contributed by atoms with Crippen molar-refractivity contribution in [2.75, 3.05) is 12.4 Å². The highest BCUT2D eigenvalue weighted by Crippen LogP contribution is 2.16. The second-order valence-electron chi connectivity index (χ2n) is 3.15. The maximum atomic E-state index is 11.7. The van der Waals surface area contributed by atoms with Crippen molar-refractivity contribution in [3.63, 3.8) is 0 Å². The number of hydrogen-bond donors (Lipinski definition) is 1. The first-order chi connectivity index (χ1) is 8.69. The molecule has 2 heterocycles. The van der Waals surface area contributed by atoms with Gasteiger partial charge in [-0.1, -0.05) is 0 Å². The summed E-state index contributed by atoms with van der Waals surface area (Å²) in [5, 5.41) is 11.9. The van der Waals surface area contributed by atoms with E-state index >= 15 is 0 Å². The molecule has 0 fully saturated rings. The molecule has 2 aromatic heterocycles. The van der Waals surface area contributed by atoms with Crippen molar-refractivity contribution in [3.05, 3.63) is 23.5 Å². The van der Waals surface area contributed by atoms with E-state index in [1.807, 2.05) is 0 Å². The van der Waals surface area contributed by atoms with E-state index in [-0.39, 0.29) is 12.3 Å². The van der Waals surface area contributed by atoms with Crippen molar-refractivity contribution in [1.82, 2.24) is 20.0 Å². The molecule has 0 bridgehead atoms. The fourth-order valence-electron chi connectivity index (χ4n) is 1.15. The SMILES string of the molecule is COC(=O)Nc1nc(CC(=O)n2nccn2)cs1. The van der Waals surface area contributed by atoms with E-state index in [1.165, 1.54) is 30.8 Å². The van der Waals surface area contributed by atoms with Gasteiger partial charge in [0, 0.05) is 5.38 Å². The third-order valence-corrected chi connectivity index (χ3v) is 2.73. The average Bonchev–Trinajstić information content (AvgIpc) is 3.00. The quantitative estimate of drug-likeness (QED) is 0.882. The number of aromatic nitrogens is 4. The summed E-state index contributed by atoms with van der Waals surface area (Å²) in [6, 6.07) is 0. The van der Waals surface area contributed by atoms with Crippen molar-refractivity contribution >= 4 is 28.5 Å². The number of carbonyl (C=O) groups is 2. The molecule has 0 saturated carbocycles. The smallest absolute Gasteiger partial charge is 0.413 e. The van der Waals surface area contributed by atoms with Crippen LogP contribution in [-0.4, -0.2) is 39.1 Å². The Balaban J connectivity index is 1.98. The van der Waals surface area contributed by atoms with E-state index < -0.39 is 6.09 Å². The molecule has 94 valence electrons. The van der Waals surface area contributed by atoms with E-state index in [0.29, 0.717) is 10.8 Å². The number of nitrogens with zero attached hydrogens (tertiary/aromatic N) is 4. The zero-order chi connectivity index (χ0) is 13.0. The van der Waals surface area contributed by atoms with Crippen LogP contribution in [0.1, 0.15) is 10.5 Å². The van der Waals surface area contributed by atoms with Gasteiger partial charge in [-0.3, -0.25) is 10.1 Å². The highest BCUT2D eigenvalue weighted by molar-refractivity contribution is 7.13. The number of nitrogens with one attached hydrogen (secondary N) is 1. The minimum atomic E-state index is -0.601. The summed E-state index contributed by atoms with van der Waals surface area (Å²) in [5.74, 6) is -0.296. The van der Waals surface area contributed by atoms with E-state index in [4.69, 9.17) is 0 Å². The van der Waals surface area contributed by atoms with Gasteiger partial charge in [0.05, 0.1) is 31.6 Å². The molecule has 9 heteroatoms. The van der Waals surface area contributed by atoms with Gasteiger partial charge in [0.1, 0.15) is 0 Å². The average molecular weight is 267 g/mol. The second kappa shape index (κ2) is 5.36. The summed E-state index contributed by atoms with van der Waals surface area (Å²) < 4.78 is 4.43. The maximum absolute atomic E-state index is 11.7. The molecule has 0 saturated heterocycles. The summed E-state index contributed by atoms with van der Waals surface area (Å²) in [5.41, 5.74) is 0.536. The molecule has 0 spiro atoms. The van der Waals surface area contributed by atoms with E-state index in [2.05, 4.69) is 25.2 Å². The number of hydrogen-bond acceptors (Lipinski definition) is 7. The Hall–Kier alpha value is -2.29. The number of methoxy groups -OCH3 is 1. The van der Waals surface area contributed by atoms with Gasteiger partial charge in [-0.2, -0.15) is 10.2 Å². The summed E-state index contributed by atoms with van der Waals surface area (Å²) in [4.78, 5) is 27.7. The molecule has 0 radical (unpaired) electrons. The molecule has 0 atom stereocenters. The lowest BCUT2D eigenvalue weighted by Crippen LogP contribution is -2.16. The molecule has 0 aromatic carbocycles. The highest BCUT2D eigenvalue weighted by Gasteiger charge is 2.12. The molecular formula is C9H9N5O3S. The third kappa shape index (κ3) is 2.88. The monoisotopic (exact) mass is 267 g/mol. The van der Waals surface area contributed by atoms with Gasteiger partial charge in [-0.25, -0.2) is 9.78 Å². The molecule has 0 aliphatic heterocycles. The van der Waals surface area contributed by atoms with Gasteiger partial charge < -0.3 is 4.74 Å². The van der Waals surface area contributed by atoms with Crippen molar-refractivity contribution in [1.29, 1.82) is 0 Å². The van der Waals surface area contributed by atoms with Crippen molar-refractivity contribution in [3.8, 4) is 0 Å². The molecule has 2 rings (SSSR count). The first-order valence-corrected chi connectivity index (χ1v) is 5.76. The van der Waals surface area contributed by atoms with Crippen molar-refractivity contribution in [2.24, 2.45) is 0 Å². The molecular weight excluding hydrogens is 258 g/mol. The van der Waals surface area contributed by atoms with Crippen LogP contribution in [0.15, 0.2) is 17.8 Å². The molecule has 0 aliphatic rings. The first-order valence-electron chi connectivity index (χ1n) is 4.88. The Labute approximate surface area is 106 Å². The van der Waals surface area contributed by atoms with Crippen LogP contribution in [0.3, 0.4) is 0 Å². The van der Waals surface area contributed by atoms with Crippen molar-refractivity contribution < 1.29 is 14.3 Å². The Bertz CT molecular complexity index is 550. The number of thiazole rings is 1. The molecule has 1 amide bonds. The molecule has 0 unspecified atom stereocenters. The summed E-state index contributed by atoms with van der Waals surface area (Å²) in [7, 11) is 1.26. The summed E-state index contributed by atoms with van der Waals surface area (Å²) >= 11 is 1.21. The Morgan fingerprint density at radius 3 is 2.83 bits per heavy atom. The number of ether oxygens (including phenoxy) is 1. The summed E-state index contributed by atoms with van der Waals surface area (Å²) in [6.45, 7) is 0. The normalized spacial score (nSPS) is 10.1. The third-order valence-electron chi connectivity index (χ3n) is 1.92. The Morgan fingerprint density at radius 2 is 2.17 bits per heavy atom. The second-order valence-corrected chi connectivity index (χ2v) is 4.01. The molecule has 2 aromatic rings. The van der Waals surface area contributed by atoms with Gasteiger partial charge in [-0.15, -0.1) is 16.1 Å². The van der Waals surface area contributed by atoms with Crippen LogP contribution in [0.2, 0.25) is 0 Å². The first kappa shape index (κ1) is 12.2. The predicted molar refractivity (Wildman–Crippen MR) is 62.5 cm³/mol.